The average Bonchev–Trinajstić information content (AvgIpc) is 2.95. The van der Waals surface area contributed by atoms with Gasteiger partial charge in [-0.2, -0.15) is 0 Å². The Morgan fingerprint density at radius 1 is 1.30 bits per heavy atom. The van der Waals surface area contributed by atoms with E-state index in [2.05, 4.69) is 9.97 Å². The molecule has 0 aliphatic carbocycles. The minimum absolute atomic E-state index is 0.0144. The molecular formula is C12H16N6O4S. The third-order valence-electron chi connectivity index (χ3n) is 3.87. The first-order valence-corrected chi connectivity index (χ1v) is 7.11. The van der Waals surface area contributed by atoms with E-state index in [1.54, 1.807) is 0 Å². The van der Waals surface area contributed by atoms with Gasteiger partial charge in [-0.05, 0) is 0 Å². The number of nitrogen functional groups attached to an aromatic ring is 2. The third-order valence-corrected chi connectivity index (χ3v) is 4.07. The van der Waals surface area contributed by atoms with E-state index in [1.807, 2.05) is 0 Å². The van der Waals surface area contributed by atoms with Crippen LogP contribution in [0.15, 0.2) is 6.33 Å². The Labute approximate surface area is 135 Å². The largest absolute Gasteiger partial charge is 0.394 e. The Balaban J connectivity index is 2.25. The number of ether oxygens (including phenoxy) is 1. The topological polar surface area (TPSA) is 179 Å². The first kappa shape index (κ1) is 15.8. The van der Waals surface area contributed by atoms with Crippen molar-refractivity contribution in [1.82, 2.24) is 14.5 Å². The van der Waals surface area contributed by atoms with Crippen molar-refractivity contribution in [3.63, 3.8) is 0 Å². The quantitative estimate of drug-likeness (QED) is 0.337. The summed E-state index contributed by atoms with van der Waals surface area (Å²) in [6, 6.07) is 0. The number of thiocarbonyl (C=S) groups is 1. The molecule has 0 aromatic carbocycles. The van der Waals surface area contributed by atoms with Crippen molar-refractivity contribution >= 4 is 39.9 Å². The van der Waals surface area contributed by atoms with Gasteiger partial charge in [-0.1, -0.05) is 12.2 Å². The number of anilines is 2. The maximum atomic E-state index is 10.2. The Morgan fingerprint density at radius 2 is 2.00 bits per heavy atom. The first-order valence-electron chi connectivity index (χ1n) is 6.70. The van der Waals surface area contributed by atoms with Crippen LogP contribution < -0.4 is 17.2 Å². The second-order valence-electron chi connectivity index (χ2n) is 5.18. The van der Waals surface area contributed by atoms with Gasteiger partial charge in [-0.15, -0.1) is 0 Å². The van der Waals surface area contributed by atoms with Crippen LogP contribution in [0.1, 0.15) is 11.8 Å². The van der Waals surface area contributed by atoms with Crippen molar-refractivity contribution in [3.8, 4) is 0 Å². The van der Waals surface area contributed by atoms with E-state index in [0.717, 1.165) is 0 Å². The van der Waals surface area contributed by atoms with E-state index in [9.17, 15) is 15.3 Å². The average molecular weight is 340 g/mol. The monoisotopic (exact) mass is 340 g/mol. The number of aliphatic hydroxyl groups is 3. The molecule has 0 radical (unpaired) electrons. The van der Waals surface area contributed by atoms with Crippen LogP contribution in [0.5, 0.6) is 0 Å². The molecule has 3 rings (SSSR count). The lowest BCUT2D eigenvalue weighted by atomic mass is 10.1. The van der Waals surface area contributed by atoms with Gasteiger partial charge >= 0.3 is 0 Å². The summed E-state index contributed by atoms with van der Waals surface area (Å²) in [4.78, 5) is 7.97. The van der Waals surface area contributed by atoms with Crippen LogP contribution in [0.3, 0.4) is 0 Å². The van der Waals surface area contributed by atoms with Crippen molar-refractivity contribution in [2.75, 3.05) is 18.1 Å². The number of rotatable bonds is 3. The van der Waals surface area contributed by atoms with E-state index in [1.165, 1.54) is 10.9 Å². The fraction of sp³-hybridized carbons (Fsp3) is 0.417. The van der Waals surface area contributed by atoms with Crippen molar-refractivity contribution in [2.45, 2.75) is 24.5 Å². The van der Waals surface area contributed by atoms with Gasteiger partial charge in [0.05, 0.1) is 17.6 Å². The summed E-state index contributed by atoms with van der Waals surface area (Å²) in [6.45, 7) is -0.465. The van der Waals surface area contributed by atoms with E-state index in [0.29, 0.717) is 5.39 Å². The molecule has 11 heteroatoms. The van der Waals surface area contributed by atoms with Crippen LogP contribution in [0.2, 0.25) is 0 Å². The van der Waals surface area contributed by atoms with E-state index < -0.39 is 31.1 Å². The van der Waals surface area contributed by atoms with Crippen molar-refractivity contribution < 1.29 is 20.1 Å². The van der Waals surface area contributed by atoms with Gasteiger partial charge in [-0.25, -0.2) is 9.97 Å². The molecule has 4 atom stereocenters. The minimum atomic E-state index is -1.33. The number of nitrogens with zero attached hydrogens (tertiary/aromatic N) is 3. The molecule has 1 aliphatic heterocycles. The SMILES string of the molecule is NC(=S)c1c(N)n([C@@H]2O[C@@H](CO)[C@@H](O)[C@H]2O)c2ncnc(N)c12. The maximum Gasteiger partial charge on any atom is 0.166 e. The van der Waals surface area contributed by atoms with Gasteiger partial charge in [0.15, 0.2) is 6.23 Å². The highest BCUT2D eigenvalue weighted by Crippen LogP contribution is 2.38. The zero-order chi connectivity index (χ0) is 16.9. The Bertz CT molecular complexity index is 780. The lowest BCUT2D eigenvalue weighted by Crippen LogP contribution is -2.33. The molecule has 10 nitrogen and oxygen atoms in total. The zero-order valence-corrected chi connectivity index (χ0v) is 12.6. The van der Waals surface area contributed by atoms with Crippen molar-refractivity contribution in [1.29, 1.82) is 0 Å². The number of hydrogen-bond acceptors (Lipinski definition) is 9. The molecule has 2 aromatic heterocycles. The van der Waals surface area contributed by atoms with Crippen LogP contribution in [-0.2, 0) is 4.74 Å². The lowest BCUT2D eigenvalue weighted by Gasteiger charge is -2.19. The molecule has 1 fully saturated rings. The predicted octanol–water partition coefficient (Wildman–Crippen LogP) is -2.16. The van der Waals surface area contributed by atoms with Gasteiger partial charge < -0.3 is 37.3 Å². The highest BCUT2D eigenvalue weighted by molar-refractivity contribution is 7.80. The summed E-state index contributed by atoms with van der Waals surface area (Å²) >= 11 is 5.00. The lowest BCUT2D eigenvalue weighted by molar-refractivity contribution is -0.0498. The highest BCUT2D eigenvalue weighted by atomic mass is 32.1. The first-order chi connectivity index (χ1) is 10.9. The molecule has 0 spiro atoms. The Kier molecular flexibility index (Phi) is 3.82. The number of aliphatic hydroxyl groups excluding tert-OH is 3. The molecule has 124 valence electrons. The molecule has 23 heavy (non-hydrogen) atoms. The van der Waals surface area contributed by atoms with Gasteiger partial charge in [0.2, 0.25) is 0 Å². The molecule has 1 aliphatic rings. The summed E-state index contributed by atoms with van der Waals surface area (Å²) in [7, 11) is 0. The van der Waals surface area contributed by atoms with Crippen LogP contribution >= 0.6 is 12.2 Å². The molecule has 0 saturated carbocycles. The molecular weight excluding hydrogens is 324 g/mol. The van der Waals surface area contributed by atoms with Crippen molar-refractivity contribution in [3.05, 3.63) is 11.9 Å². The summed E-state index contributed by atoms with van der Waals surface area (Å²) in [5.74, 6) is 0.199. The molecule has 0 amide bonds. The van der Waals surface area contributed by atoms with Crippen LogP contribution in [0.4, 0.5) is 11.6 Å². The second-order valence-corrected chi connectivity index (χ2v) is 5.62. The fourth-order valence-electron chi connectivity index (χ4n) is 2.77. The minimum Gasteiger partial charge on any atom is -0.394 e. The van der Waals surface area contributed by atoms with Gasteiger partial charge in [-0.3, -0.25) is 4.57 Å². The van der Waals surface area contributed by atoms with E-state index in [4.69, 9.17) is 34.2 Å². The molecule has 3 heterocycles. The number of fused-ring (bicyclic) bond motifs is 1. The molecule has 2 aromatic rings. The summed E-state index contributed by atoms with van der Waals surface area (Å²) in [6.07, 6.45) is -3.44. The van der Waals surface area contributed by atoms with Crippen LogP contribution in [0, 0.1) is 0 Å². The number of nitrogens with two attached hydrogens (primary N) is 3. The van der Waals surface area contributed by atoms with Gasteiger partial charge in [0, 0.05) is 0 Å². The van der Waals surface area contributed by atoms with E-state index in [-0.39, 0.29) is 27.8 Å². The Hall–Kier alpha value is -2.05. The standard InChI is InChI=1S/C12H16N6O4S/c13-8-4-5(10(15)23)9(14)18(11(4)17-2-16-8)12-7(21)6(20)3(1-19)22-12/h2-3,6-7,12,19-21H,1,14H2,(H2,15,23)(H2,13,16,17)/t3-,6+,7+,12+/m0/s1. The van der Waals surface area contributed by atoms with Gasteiger partial charge in [0.1, 0.15) is 46.9 Å². The molecule has 0 bridgehead atoms. The summed E-state index contributed by atoms with van der Waals surface area (Å²) < 4.78 is 6.83. The summed E-state index contributed by atoms with van der Waals surface area (Å²) in [5.41, 5.74) is 18.2. The van der Waals surface area contributed by atoms with Crippen LogP contribution in [0.25, 0.3) is 11.0 Å². The number of hydrogen-bond donors (Lipinski definition) is 6. The predicted molar refractivity (Wildman–Crippen MR) is 85.2 cm³/mol. The zero-order valence-electron chi connectivity index (χ0n) is 11.8. The smallest absolute Gasteiger partial charge is 0.166 e. The number of aromatic nitrogens is 3. The van der Waals surface area contributed by atoms with E-state index >= 15 is 0 Å². The Morgan fingerprint density at radius 3 is 2.57 bits per heavy atom. The normalized spacial score (nSPS) is 27.6. The molecule has 1 saturated heterocycles. The highest BCUT2D eigenvalue weighted by Gasteiger charge is 2.45. The second kappa shape index (κ2) is 5.54. The van der Waals surface area contributed by atoms with Crippen molar-refractivity contribution in [2.24, 2.45) is 5.73 Å². The molecule has 0 unspecified atom stereocenters. The van der Waals surface area contributed by atoms with Crippen LogP contribution in [-0.4, -0.2) is 59.8 Å². The maximum absolute atomic E-state index is 10.2. The fourth-order valence-corrected chi connectivity index (χ4v) is 2.98. The molecule has 9 N–H and O–H groups in total. The summed E-state index contributed by atoms with van der Waals surface area (Å²) in [5, 5.41) is 29.7. The third kappa shape index (κ3) is 2.21. The van der Waals surface area contributed by atoms with Gasteiger partial charge in [0.25, 0.3) is 0 Å².